The van der Waals surface area contributed by atoms with E-state index in [0.29, 0.717) is 44.2 Å². The van der Waals surface area contributed by atoms with Gasteiger partial charge in [-0.25, -0.2) is 4.39 Å². The molecule has 1 heterocycles. The van der Waals surface area contributed by atoms with Gasteiger partial charge in [-0.05, 0) is 81.3 Å². The topological polar surface area (TPSA) is 55.4 Å². The van der Waals surface area contributed by atoms with Gasteiger partial charge in [0.2, 0.25) is 0 Å². The minimum absolute atomic E-state index is 0.0815. The number of allylic oxidation sites excluding steroid dienone is 4. The lowest BCUT2D eigenvalue weighted by Crippen LogP contribution is -2.36. The van der Waals surface area contributed by atoms with Crippen molar-refractivity contribution in [2.45, 2.75) is 51.0 Å². The van der Waals surface area contributed by atoms with Crippen molar-refractivity contribution in [3.05, 3.63) is 84.8 Å². The molecule has 0 radical (unpaired) electrons. The van der Waals surface area contributed by atoms with Crippen molar-refractivity contribution in [1.29, 1.82) is 0 Å². The fraction of sp³-hybridized carbons (Fsp3) is 0.308. The average molecular weight is 575 g/mol. The first-order valence-corrected chi connectivity index (χ1v) is 12.7. The summed E-state index contributed by atoms with van der Waals surface area (Å²) in [6.07, 6.45) is 4.28. The summed E-state index contributed by atoms with van der Waals surface area (Å²) in [6, 6.07) is 10.3. The van der Waals surface area contributed by atoms with Gasteiger partial charge in [0.25, 0.3) is 0 Å². The molecular weight excluding hydrogens is 553 g/mol. The van der Waals surface area contributed by atoms with Gasteiger partial charge in [-0.3, -0.25) is 9.59 Å². The highest BCUT2D eigenvalue weighted by molar-refractivity contribution is 9.11. The molecule has 2 aromatic rings. The standard InChI is InChI=1S/C26H22Br2FNO3/c27-16-11-15(12-17(28)26(16)33-13-14-5-1-2-6-18(14)29)23-24-19(7-3-9-21(24)31)30-20-8-4-10-22(32)25(20)23/h1-2,5-6,11-12,23,30H,3-4,7-10,13H2. The van der Waals surface area contributed by atoms with E-state index >= 15 is 0 Å². The van der Waals surface area contributed by atoms with Crippen LogP contribution >= 0.6 is 31.9 Å². The molecule has 2 aromatic carbocycles. The molecule has 3 aliphatic rings. The number of hydrogen-bond acceptors (Lipinski definition) is 4. The predicted molar refractivity (Wildman–Crippen MR) is 130 cm³/mol. The quantitative estimate of drug-likeness (QED) is 0.445. The Morgan fingerprint density at radius 2 is 1.48 bits per heavy atom. The molecule has 5 rings (SSSR count). The second-order valence-corrected chi connectivity index (χ2v) is 10.3. The van der Waals surface area contributed by atoms with Crippen molar-refractivity contribution >= 4 is 43.4 Å². The molecule has 2 aliphatic carbocycles. The fourth-order valence-electron chi connectivity index (χ4n) is 4.97. The molecule has 0 spiro atoms. The molecule has 4 nitrogen and oxygen atoms in total. The largest absolute Gasteiger partial charge is 0.486 e. The van der Waals surface area contributed by atoms with Gasteiger partial charge in [-0.1, -0.05) is 18.2 Å². The molecule has 7 heteroatoms. The Morgan fingerprint density at radius 1 is 0.909 bits per heavy atom. The molecule has 0 saturated heterocycles. The highest BCUT2D eigenvalue weighted by Crippen LogP contribution is 2.47. The van der Waals surface area contributed by atoms with Crippen molar-refractivity contribution in [1.82, 2.24) is 5.32 Å². The number of benzene rings is 2. The molecule has 0 unspecified atom stereocenters. The van der Waals surface area contributed by atoms with Crippen LogP contribution in [0.5, 0.6) is 5.75 Å². The van der Waals surface area contributed by atoms with Crippen LogP contribution in [0.4, 0.5) is 4.39 Å². The van der Waals surface area contributed by atoms with Crippen molar-refractivity contribution in [2.24, 2.45) is 0 Å². The van der Waals surface area contributed by atoms with Crippen molar-refractivity contribution in [3.63, 3.8) is 0 Å². The van der Waals surface area contributed by atoms with Crippen LogP contribution in [0.3, 0.4) is 0 Å². The van der Waals surface area contributed by atoms with Crippen LogP contribution in [-0.2, 0) is 16.2 Å². The maximum atomic E-state index is 14.0. The number of Topliss-reactive ketones (excluding diaryl/α,β-unsaturated/α-hetero) is 2. The molecule has 0 fully saturated rings. The van der Waals surface area contributed by atoms with Crippen molar-refractivity contribution in [3.8, 4) is 5.75 Å². The molecular formula is C26H22Br2FNO3. The second-order valence-electron chi connectivity index (χ2n) is 8.59. The summed E-state index contributed by atoms with van der Waals surface area (Å²) in [6.45, 7) is 0.0815. The summed E-state index contributed by atoms with van der Waals surface area (Å²) in [5.74, 6) is 0.0487. The number of dihydropyridines is 1. The zero-order valence-electron chi connectivity index (χ0n) is 17.8. The van der Waals surface area contributed by atoms with Gasteiger partial charge >= 0.3 is 0 Å². The average Bonchev–Trinajstić information content (AvgIpc) is 2.78. The van der Waals surface area contributed by atoms with Crippen LogP contribution in [0.15, 0.2) is 67.9 Å². The van der Waals surface area contributed by atoms with Gasteiger partial charge in [0, 0.05) is 46.9 Å². The summed E-state index contributed by atoms with van der Waals surface area (Å²) in [4.78, 5) is 26.0. The van der Waals surface area contributed by atoms with Gasteiger partial charge in [0.15, 0.2) is 11.6 Å². The SMILES string of the molecule is O=C1CCCC2=C1C(c1cc(Br)c(OCc3ccccc3F)c(Br)c1)C1=C(CCCC1=O)N2. The molecule has 0 aromatic heterocycles. The molecule has 0 amide bonds. The van der Waals surface area contributed by atoms with Crippen LogP contribution in [0, 0.1) is 5.82 Å². The van der Waals surface area contributed by atoms with Crippen molar-refractivity contribution < 1.29 is 18.7 Å². The van der Waals surface area contributed by atoms with Gasteiger partial charge in [-0.2, -0.15) is 0 Å². The van der Waals surface area contributed by atoms with Crippen LogP contribution in [0.2, 0.25) is 0 Å². The van der Waals surface area contributed by atoms with Crippen molar-refractivity contribution in [2.75, 3.05) is 0 Å². The predicted octanol–water partition coefficient (Wildman–Crippen LogP) is 6.63. The van der Waals surface area contributed by atoms with E-state index < -0.39 is 0 Å². The Hall–Kier alpha value is -2.25. The van der Waals surface area contributed by atoms with E-state index in [-0.39, 0.29) is 29.9 Å². The molecule has 1 N–H and O–H groups in total. The summed E-state index contributed by atoms with van der Waals surface area (Å²) in [5.41, 5.74) is 4.67. The summed E-state index contributed by atoms with van der Waals surface area (Å²) in [7, 11) is 0. The third-order valence-electron chi connectivity index (χ3n) is 6.48. The van der Waals surface area contributed by atoms with E-state index in [1.807, 2.05) is 12.1 Å². The third kappa shape index (κ3) is 4.21. The van der Waals surface area contributed by atoms with E-state index in [1.54, 1.807) is 18.2 Å². The molecule has 0 atom stereocenters. The lowest BCUT2D eigenvalue weighted by Gasteiger charge is -2.37. The first-order chi connectivity index (χ1) is 15.9. The summed E-state index contributed by atoms with van der Waals surface area (Å²) < 4.78 is 21.3. The molecule has 33 heavy (non-hydrogen) atoms. The first kappa shape index (κ1) is 22.5. The van der Waals surface area contributed by atoms with E-state index in [2.05, 4.69) is 37.2 Å². The fourth-order valence-corrected chi connectivity index (χ4v) is 6.42. The van der Waals surface area contributed by atoms with Gasteiger partial charge < -0.3 is 10.1 Å². The Morgan fingerprint density at radius 3 is 2.06 bits per heavy atom. The van der Waals surface area contributed by atoms with E-state index in [1.165, 1.54) is 6.07 Å². The number of rotatable bonds is 4. The maximum Gasteiger partial charge on any atom is 0.161 e. The van der Waals surface area contributed by atoms with Gasteiger partial charge in [0.05, 0.1) is 8.95 Å². The molecule has 0 saturated carbocycles. The van der Waals surface area contributed by atoms with E-state index in [0.717, 1.165) is 42.6 Å². The smallest absolute Gasteiger partial charge is 0.161 e. The highest BCUT2D eigenvalue weighted by atomic mass is 79.9. The number of hydrogen-bond donors (Lipinski definition) is 1. The first-order valence-electron chi connectivity index (χ1n) is 11.1. The van der Waals surface area contributed by atoms with Gasteiger partial charge in [-0.15, -0.1) is 0 Å². The molecule has 0 bridgehead atoms. The molecule has 170 valence electrons. The minimum atomic E-state index is -0.384. The lowest BCUT2D eigenvalue weighted by molar-refractivity contribution is -0.116. The van der Waals surface area contributed by atoms with Crippen LogP contribution < -0.4 is 10.1 Å². The lowest BCUT2D eigenvalue weighted by atomic mass is 9.71. The normalized spacial score (nSPS) is 18.8. The van der Waals surface area contributed by atoms with Crippen LogP contribution in [-0.4, -0.2) is 11.6 Å². The Kier molecular flexibility index (Phi) is 6.27. The number of ether oxygens (including phenoxy) is 1. The monoisotopic (exact) mass is 573 g/mol. The van der Waals surface area contributed by atoms with Crippen LogP contribution in [0.1, 0.15) is 55.6 Å². The van der Waals surface area contributed by atoms with Gasteiger partial charge in [0.1, 0.15) is 18.2 Å². The number of ketones is 2. The number of carbonyl (C=O) groups excluding carboxylic acids is 2. The number of halogens is 3. The summed E-state index contributed by atoms with van der Waals surface area (Å²) >= 11 is 7.19. The number of carbonyl (C=O) groups is 2. The van der Waals surface area contributed by atoms with Crippen LogP contribution in [0.25, 0.3) is 0 Å². The highest BCUT2D eigenvalue weighted by Gasteiger charge is 2.40. The second kappa shape index (κ2) is 9.18. The Bertz CT molecular complexity index is 1170. The number of nitrogens with one attached hydrogen (secondary N) is 1. The van der Waals surface area contributed by atoms with E-state index in [9.17, 15) is 14.0 Å². The Balaban J connectivity index is 1.54. The third-order valence-corrected chi connectivity index (χ3v) is 7.65. The molecule has 1 aliphatic heterocycles. The Labute approximate surface area is 208 Å². The zero-order valence-corrected chi connectivity index (χ0v) is 21.0. The van der Waals surface area contributed by atoms with E-state index in [4.69, 9.17) is 4.74 Å². The summed E-state index contributed by atoms with van der Waals surface area (Å²) in [5, 5.41) is 3.44. The maximum absolute atomic E-state index is 14.0. The minimum Gasteiger partial charge on any atom is -0.486 e. The zero-order chi connectivity index (χ0) is 23.1.